The van der Waals surface area contributed by atoms with Gasteiger partial charge in [0, 0.05) is 5.92 Å². The number of hydrogen-bond acceptors (Lipinski definition) is 5. The Morgan fingerprint density at radius 1 is 1.50 bits per heavy atom. The van der Waals surface area contributed by atoms with Crippen molar-refractivity contribution in [3.8, 4) is 0 Å². The fourth-order valence-corrected chi connectivity index (χ4v) is 1.65. The van der Waals surface area contributed by atoms with E-state index in [0.717, 1.165) is 0 Å². The number of esters is 2. The topological polar surface area (TPSA) is 72.8 Å². The minimum atomic E-state index is -1.22. The van der Waals surface area contributed by atoms with Gasteiger partial charge >= 0.3 is 11.9 Å². The minimum absolute atomic E-state index is 0.107. The normalized spacial score (nSPS) is 27.0. The molecule has 0 amide bonds. The maximum absolute atomic E-state index is 11.7. The van der Waals surface area contributed by atoms with Crippen molar-refractivity contribution in [3.63, 3.8) is 0 Å². The van der Waals surface area contributed by atoms with Gasteiger partial charge in [-0.25, -0.2) is 0 Å². The summed E-state index contributed by atoms with van der Waals surface area (Å²) >= 11 is 0. The van der Waals surface area contributed by atoms with Gasteiger partial charge in [-0.15, -0.1) is 6.58 Å². The number of aliphatic hydroxyl groups is 1. The van der Waals surface area contributed by atoms with E-state index >= 15 is 0 Å². The first-order chi connectivity index (χ1) is 7.63. The average Bonchev–Trinajstić information content (AvgIpc) is 3.02. The Hall–Kier alpha value is -1.36. The molecule has 5 heteroatoms. The molecule has 90 valence electrons. The molecule has 0 aliphatic heterocycles. The van der Waals surface area contributed by atoms with Gasteiger partial charge in [0.15, 0.2) is 5.41 Å². The number of allylic oxidation sites excluding steroid dienone is 1. The SMILES string of the molecule is C=CC1CC1(C(=O)OCC)C(=O)OCCO. The molecule has 0 aromatic heterocycles. The van der Waals surface area contributed by atoms with Gasteiger partial charge in [0.25, 0.3) is 0 Å². The number of aliphatic hydroxyl groups excluding tert-OH is 1. The van der Waals surface area contributed by atoms with Gasteiger partial charge < -0.3 is 14.6 Å². The fraction of sp³-hybridized carbons (Fsp3) is 0.636. The maximum Gasteiger partial charge on any atom is 0.324 e. The number of rotatable bonds is 6. The highest BCUT2D eigenvalue weighted by molar-refractivity contribution is 6.04. The molecule has 16 heavy (non-hydrogen) atoms. The van der Waals surface area contributed by atoms with Crippen LogP contribution in [0.3, 0.4) is 0 Å². The second-order valence-electron chi connectivity index (χ2n) is 3.60. The van der Waals surface area contributed by atoms with Crippen molar-refractivity contribution in [2.75, 3.05) is 19.8 Å². The Morgan fingerprint density at radius 3 is 2.56 bits per heavy atom. The van der Waals surface area contributed by atoms with Crippen LogP contribution in [0, 0.1) is 11.3 Å². The monoisotopic (exact) mass is 228 g/mol. The molecule has 1 aliphatic carbocycles. The summed E-state index contributed by atoms with van der Waals surface area (Å²) < 4.78 is 9.63. The summed E-state index contributed by atoms with van der Waals surface area (Å²) in [5, 5.41) is 8.55. The van der Waals surface area contributed by atoms with E-state index in [1.54, 1.807) is 13.0 Å². The van der Waals surface area contributed by atoms with Crippen molar-refractivity contribution in [1.82, 2.24) is 0 Å². The molecule has 2 unspecified atom stereocenters. The van der Waals surface area contributed by atoms with Crippen LogP contribution in [-0.4, -0.2) is 36.9 Å². The summed E-state index contributed by atoms with van der Waals surface area (Å²) in [6, 6.07) is 0. The summed E-state index contributed by atoms with van der Waals surface area (Å²) in [7, 11) is 0. The standard InChI is InChI=1S/C11H16O5/c1-3-8-7-11(8,9(13)15-4-2)10(14)16-6-5-12/h3,8,12H,1,4-7H2,2H3. The Balaban J connectivity index is 2.71. The van der Waals surface area contributed by atoms with Gasteiger partial charge in [0.05, 0.1) is 13.2 Å². The Kier molecular flexibility index (Phi) is 4.06. The second kappa shape index (κ2) is 5.12. The van der Waals surface area contributed by atoms with E-state index in [-0.39, 0.29) is 25.7 Å². The Bertz CT molecular complexity index is 299. The number of hydrogen-bond donors (Lipinski definition) is 1. The van der Waals surface area contributed by atoms with Crippen LogP contribution in [0.5, 0.6) is 0 Å². The van der Waals surface area contributed by atoms with E-state index in [0.29, 0.717) is 6.42 Å². The van der Waals surface area contributed by atoms with Crippen molar-refractivity contribution >= 4 is 11.9 Å². The Morgan fingerprint density at radius 2 is 2.12 bits per heavy atom. The van der Waals surface area contributed by atoms with Gasteiger partial charge in [-0.2, -0.15) is 0 Å². The van der Waals surface area contributed by atoms with Gasteiger partial charge in [0.2, 0.25) is 0 Å². The lowest BCUT2D eigenvalue weighted by Crippen LogP contribution is -2.32. The first-order valence-electron chi connectivity index (χ1n) is 5.21. The van der Waals surface area contributed by atoms with E-state index in [2.05, 4.69) is 6.58 Å². The van der Waals surface area contributed by atoms with E-state index < -0.39 is 17.4 Å². The van der Waals surface area contributed by atoms with Crippen molar-refractivity contribution < 1.29 is 24.2 Å². The van der Waals surface area contributed by atoms with E-state index in [1.165, 1.54) is 0 Å². The van der Waals surface area contributed by atoms with Crippen LogP contribution < -0.4 is 0 Å². The van der Waals surface area contributed by atoms with Crippen LogP contribution in [0.15, 0.2) is 12.7 Å². The molecule has 0 aromatic carbocycles. The lowest BCUT2D eigenvalue weighted by molar-refractivity contribution is -0.165. The smallest absolute Gasteiger partial charge is 0.324 e. The molecule has 0 spiro atoms. The molecule has 1 saturated carbocycles. The first-order valence-corrected chi connectivity index (χ1v) is 5.21. The molecular weight excluding hydrogens is 212 g/mol. The fourth-order valence-electron chi connectivity index (χ4n) is 1.65. The molecule has 1 aliphatic rings. The predicted octanol–water partition coefficient (Wildman–Crippen LogP) is 0.277. The lowest BCUT2D eigenvalue weighted by atomic mass is 10.0. The molecule has 0 radical (unpaired) electrons. The van der Waals surface area contributed by atoms with Crippen molar-refractivity contribution in [1.29, 1.82) is 0 Å². The molecular formula is C11H16O5. The number of carbonyl (C=O) groups is 2. The summed E-state index contributed by atoms with van der Waals surface area (Å²) in [5.41, 5.74) is -1.22. The molecule has 0 aromatic rings. The van der Waals surface area contributed by atoms with Gasteiger partial charge in [-0.3, -0.25) is 9.59 Å². The van der Waals surface area contributed by atoms with Gasteiger partial charge in [-0.05, 0) is 13.3 Å². The van der Waals surface area contributed by atoms with Crippen LogP contribution in [0.1, 0.15) is 13.3 Å². The van der Waals surface area contributed by atoms with Crippen molar-refractivity contribution in [2.45, 2.75) is 13.3 Å². The summed E-state index contributed by atoms with van der Waals surface area (Å²) in [6.07, 6.45) is 1.93. The third-order valence-electron chi connectivity index (χ3n) is 2.63. The molecule has 2 atom stereocenters. The zero-order valence-corrected chi connectivity index (χ0v) is 9.27. The van der Waals surface area contributed by atoms with E-state index in [4.69, 9.17) is 14.6 Å². The highest BCUT2D eigenvalue weighted by Gasteiger charge is 2.66. The molecule has 0 bridgehead atoms. The third kappa shape index (κ3) is 2.09. The molecule has 0 heterocycles. The van der Waals surface area contributed by atoms with Crippen LogP contribution in [0.25, 0.3) is 0 Å². The van der Waals surface area contributed by atoms with E-state index in [1.807, 2.05) is 0 Å². The number of carbonyl (C=O) groups excluding carboxylic acids is 2. The summed E-state index contributed by atoms with van der Waals surface area (Å²) in [4.78, 5) is 23.4. The van der Waals surface area contributed by atoms with Crippen molar-refractivity contribution in [2.24, 2.45) is 11.3 Å². The molecule has 0 saturated heterocycles. The van der Waals surface area contributed by atoms with Crippen molar-refractivity contribution in [3.05, 3.63) is 12.7 Å². The van der Waals surface area contributed by atoms with Crippen LogP contribution in [0.4, 0.5) is 0 Å². The maximum atomic E-state index is 11.7. The lowest BCUT2D eigenvalue weighted by Gasteiger charge is -2.13. The first kappa shape index (κ1) is 12.7. The highest BCUT2D eigenvalue weighted by atomic mass is 16.6. The largest absolute Gasteiger partial charge is 0.465 e. The zero-order chi connectivity index (χ0) is 12.2. The van der Waals surface area contributed by atoms with Gasteiger partial charge in [0.1, 0.15) is 6.61 Å². The number of ether oxygens (including phenoxy) is 2. The Labute approximate surface area is 94.0 Å². The van der Waals surface area contributed by atoms with Crippen LogP contribution >= 0.6 is 0 Å². The third-order valence-corrected chi connectivity index (χ3v) is 2.63. The summed E-state index contributed by atoms with van der Waals surface area (Å²) in [5.74, 6) is -1.43. The average molecular weight is 228 g/mol. The zero-order valence-electron chi connectivity index (χ0n) is 9.27. The second-order valence-corrected chi connectivity index (χ2v) is 3.60. The molecule has 1 rings (SSSR count). The predicted molar refractivity (Wildman–Crippen MR) is 55.4 cm³/mol. The molecule has 1 N–H and O–H groups in total. The molecule has 5 nitrogen and oxygen atoms in total. The minimum Gasteiger partial charge on any atom is -0.465 e. The van der Waals surface area contributed by atoms with E-state index in [9.17, 15) is 9.59 Å². The quantitative estimate of drug-likeness (QED) is 0.401. The summed E-state index contributed by atoms with van der Waals surface area (Å²) in [6.45, 7) is 5.09. The van der Waals surface area contributed by atoms with Crippen LogP contribution in [0.2, 0.25) is 0 Å². The highest BCUT2D eigenvalue weighted by Crippen LogP contribution is 2.55. The van der Waals surface area contributed by atoms with Crippen LogP contribution in [-0.2, 0) is 19.1 Å². The molecule has 1 fully saturated rings. The van der Waals surface area contributed by atoms with Gasteiger partial charge in [-0.1, -0.05) is 6.08 Å².